The highest BCUT2D eigenvalue weighted by Gasteiger charge is 2.31. The van der Waals surface area contributed by atoms with Crippen LogP contribution in [-0.4, -0.2) is 26.7 Å². The van der Waals surface area contributed by atoms with Gasteiger partial charge in [-0.15, -0.1) is 0 Å². The zero-order valence-electron chi connectivity index (χ0n) is 15.6. The number of rotatable bonds is 3. The van der Waals surface area contributed by atoms with E-state index in [1.165, 1.54) is 5.56 Å². The van der Waals surface area contributed by atoms with Crippen molar-refractivity contribution in [3.63, 3.8) is 0 Å². The SMILES string of the molecule is CC1Cc2ccccc2N1C(=O)c1cnc2c(cnn2Cc2ccccc2)c1. The first-order valence-corrected chi connectivity index (χ1v) is 9.47. The van der Waals surface area contributed by atoms with Gasteiger partial charge < -0.3 is 4.90 Å². The van der Waals surface area contributed by atoms with Crippen molar-refractivity contribution in [1.29, 1.82) is 0 Å². The quantitative estimate of drug-likeness (QED) is 0.548. The summed E-state index contributed by atoms with van der Waals surface area (Å²) in [5, 5.41) is 5.35. The lowest BCUT2D eigenvalue weighted by Gasteiger charge is -2.22. The fraction of sp³-hybridized carbons (Fsp3) is 0.174. The number of carbonyl (C=O) groups excluding carboxylic acids is 1. The molecule has 0 radical (unpaired) electrons. The minimum absolute atomic E-state index is 0.0114. The van der Waals surface area contributed by atoms with Gasteiger partial charge in [0, 0.05) is 23.3 Å². The van der Waals surface area contributed by atoms with E-state index < -0.39 is 0 Å². The molecule has 138 valence electrons. The average Bonchev–Trinajstić information content (AvgIpc) is 3.27. The summed E-state index contributed by atoms with van der Waals surface area (Å²) in [7, 11) is 0. The van der Waals surface area contributed by atoms with Gasteiger partial charge in [0.15, 0.2) is 5.65 Å². The van der Waals surface area contributed by atoms with Crippen molar-refractivity contribution in [3.05, 3.63) is 89.7 Å². The Labute approximate surface area is 163 Å². The molecule has 0 fully saturated rings. The van der Waals surface area contributed by atoms with E-state index in [4.69, 9.17) is 0 Å². The number of fused-ring (bicyclic) bond motifs is 2. The molecule has 0 saturated carbocycles. The van der Waals surface area contributed by atoms with Crippen molar-refractivity contribution >= 4 is 22.6 Å². The Kier molecular flexibility index (Phi) is 3.93. The van der Waals surface area contributed by atoms with Crippen molar-refractivity contribution in [2.45, 2.75) is 25.9 Å². The molecule has 5 heteroatoms. The molecule has 1 unspecified atom stereocenters. The van der Waals surface area contributed by atoms with Gasteiger partial charge in [-0.3, -0.25) is 4.79 Å². The molecule has 0 N–H and O–H groups in total. The fourth-order valence-corrected chi connectivity index (χ4v) is 3.97. The molecule has 4 aromatic rings. The van der Waals surface area contributed by atoms with E-state index in [1.807, 2.05) is 52.0 Å². The molecule has 5 nitrogen and oxygen atoms in total. The Morgan fingerprint density at radius 3 is 2.71 bits per heavy atom. The van der Waals surface area contributed by atoms with Crippen molar-refractivity contribution in [3.8, 4) is 0 Å². The van der Waals surface area contributed by atoms with Gasteiger partial charge in [-0.05, 0) is 36.6 Å². The van der Waals surface area contributed by atoms with Gasteiger partial charge >= 0.3 is 0 Å². The van der Waals surface area contributed by atoms with Crippen molar-refractivity contribution in [2.24, 2.45) is 0 Å². The van der Waals surface area contributed by atoms with E-state index in [2.05, 4.69) is 35.2 Å². The van der Waals surface area contributed by atoms with Crippen LogP contribution >= 0.6 is 0 Å². The Morgan fingerprint density at radius 1 is 1.07 bits per heavy atom. The number of para-hydroxylation sites is 1. The van der Waals surface area contributed by atoms with Gasteiger partial charge in [0.2, 0.25) is 0 Å². The molecule has 1 aliphatic rings. The van der Waals surface area contributed by atoms with Crippen molar-refractivity contribution < 1.29 is 4.79 Å². The number of pyridine rings is 1. The summed E-state index contributed by atoms with van der Waals surface area (Å²) < 4.78 is 1.87. The van der Waals surface area contributed by atoms with Crippen molar-refractivity contribution in [2.75, 3.05) is 4.90 Å². The molecular weight excluding hydrogens is 348 g/mol. The van der Waals surface area contributed by atoms with Crippen LogP contribution in [0.2, 0.25) is 0 Å². The first kappa shape index (κ1) is 16.7. The third-order valence-electron chi connectivity index (χ3n) is 5.32. The molecule has 5 rings (SSSR count). The molecule has 2 aromatic carbocycles. The highest BCUT2D eigenvalue weighted by atomic mass is 16.2. The Balaban J connectivity index is 1.47. The largest absolute Gasteiger partial charge is 0.305 e. The third kappa shape index (κ3) is 2.76. The van der Waals surface area contributed by atoms with E-state index >= 15 is 0 Å². The van der Waals surface area contributed by atoms with Crippen LogP contribution in [0.3, 0.4) is 0 Å². The lowest BCUT2D eigenvalue weighted by atomic mass is 10.1. The number of amides is 1. The van der Waals surface area contributed by atoms with Crippen LogP contribution < -0.4 is 4.90 Å². The number of hydrogen-bond donors (Lipinski definition) is 0. The molecule has 1 aliphatic heterocycles. The summed E-state index contributed by atoms with van der Waals surface area (Å²) in [4.78, 5) is 19.7. The van der Waals surface area contributed by atoms with Crippen LogP contribution in [-0.2, 0) is 13.0 Å². The predicted molar refractivity (Wildman–Crippen MR) is 109 cm³/mol. The monoisotopic (exact) mass is 368 g/mol. The van der Waals surface area contributed by atoms with Crippen LogP contribution in [0, 0.1) is 0 Å². The summed E-state index contributed by atoms with van der Waals surface area (Å²) in [5.41, 5.74) is 4.76. The van der Waals surface area contributed by atoms with E-state index in [-0.39, 0.29) is 11.9 Å². The minimum atomic E-state index is -0.0114. The van der Waals surface area contributed by atoms with Crippen LogP contribution in [0.4, 0.5) is 5.69 Å². The van der Waals surface area contributed by atoms with E-state index in [1.54, 1.807) is 12.4 Å². The first-order valence-electron chi connectivity index (χ1n) is 9.47. The number of carbonyl (C=O) groups is 1. The molecule has 1 amide bonds. The Bertz CT molecular complexity index is 1170. The van der Waals surface area contributed by atoms with Crippen LogP contribution in [0.15, 0.2) is 73.1 Å². The maximum atomic E-state index is 13.2. The molecule has 3 heterocycles. The summed E-state index contributed by atoms with van der Waals surface area (Å²) in [6.07, 6.45) is 4.33. The molecular formula is C23H20N4O. The highest BCUT2D eigenvalue weighted by molar-refractivity contribution is 6.08. The smallest absolute Gasteiger partial charge is 0.260 e. The summed E-state index contributed by atoms with van der Waals surface area (Å²) in [5.74, 6) is -0.0114. The van der Waals surface area contributed by atoms with Gasteiger partial charge in [-0.2, -0.15) is 5.10 Å². The normalized spacial score (nSPS) is 15.8. The molecule has 2 aromatic heterocycles. The van der Waals surface area contributed by atoms with Gasteiger partial charge in [0.25, 0.3) is 5.91 Å². The van der Waals surface area contributed by atoms with Crippen LogP contribution in [0.25, 0.3) is 11.0 Å². The second-order valence-electron chi connectivity index (χ2n) is 7.28. The Hall–Kier alpha value is -3.47. The molecule has 0 bridgehead atoms. The molecule has 1 atom stereocenters. The number of nitrogens with zero attached hydrogens (tertiary/aromatic N) is 4. The average molecular weight is 368 g/mol. The molecule has 0 aliphatic carbocycles. The third-order valence-corrected chi connectivity index (χ3v) is 5.32. The van der Waals surface area contributed by atoms with Gasteiger partial charge in [-0.1, -0.05) is 48.5 Å². The lowest BCUT2D eigenvalue weighted by Crippen LogP contribution is -2.35. The summed E-state index contributed by atoms with van der Waals surface area (Å²) >= 11 is 0. The van der Waals surface area contributed by atoms with Gasteiger partial charge in [0.05, 0.1) is 18.3 Å². The second kappa shape index (κ2) is 6.60. The van der Waals surface area contributed by atoms with Crippen molar-refractivity contribution in [1.82, 2.24) is 14.8 Å². The lowest BCUT2D eigenvalue weighted by molar-refractivity contribution is 0.0981. The van der Waals surface area contributed by atoms with Crippen LogP contribution in [0.5, 0.6) is 0 Å². The first-order chi connectivity index (χ1) is 13.7. The van der Waals surface area contributed by atoms with Gasteiger partial charge in [-0.25, -0.2) is 9.67 Å². The number of aromatic nitrogens is 3. The standard InChI is InChI=1S/C23H20N4O/c1-16-11-18-9-5-6-10-21(18)27(16)23(28)20-12-19-14-25-26(22(19)24-13-20)15-17-7-3-2-4-8-17/h2-10,12-14,16H,11,15H2,1H3. The zero-order chi connectivity index (χ0) is 19.1. The second-order valence-corrected chi connectivity index (χ2v) is 7.28. The number of anilines is 1. The highest BCUT2D eigenvalue weighted by Crippen LogP contribution is 2.33. The zero-order valence-corrected chi connectivity index (χ0v) is 15.6. The number of benzene rings is 2. The Morgan fingerprint density at radius 2 is 1.86 bits per heavy atom. The van der Waals surface area contributed by atoms with E-state index in [0.29, 0.717) is 12.1 Å². The van der Waals surface area contributed by atoms with E-state index in [9.17, 15) is 4.79 Å². The summed E-state index contributed by atoms with van der Waals surface area (Å²) in [6.45, 7) is 2.74. The van der Waals surface area contributed by atoms with E-state index in [0.717, 1.165) is 28.7 Å². The molecule has 28 heavy (non-hydrogen) atoms. The maximum absolute atomic E-state index is 13.2. The predicted octanol–water partition coefficient (Wildman–Crippen LogP) is 4.07. The number of hydrogen-bond acceptors (Lipinski definition) is 3. The topological polar surface area (TPSA) is 51.0 Å². The molecule has 0 spiro atoms. The summed E-state index contributed by atoms with van der Waals surface area (Å²) in [6, 6.07) is 20.3. The van der Waals surface area contributed by atoms with Crippen LogP contribution in [0.1, 0.15) is 28.4 Å². The minimum Gasteiger partial charge on any atom is -0.305 e. The fourth-order valence-electron chi connectivity index (χ4n) is 3.97. The molecule has 0 saturated heterocycles. The maximum Gasteiger partial charge on any atom is 0.260 e. The van der Waals surface area contributed by atoms with Gasteiger partial charge in [0.1, 0.15) is 0 Å².